The van der Waals surface area contributed by atoms with Crippen LogP contribution in [0.3, 0.4) is 0 Å². The van der Waals surface area contributed by atoms with Crippen LogP contribution in [-0.4, -0.2) is 35.4 Å². The Hall–Kier alpha value is -3.48. The van der Waals surface area contributed by atoms with Crippen LogP contribution in [0.4, 0.5) is 4.39 Å². The van der Waals surface area contributed by atoms with Gasteiger partial charge in [0.15, 0.2) is 6.10 Å². The van der Waals surface area contributed by atoms with Gasteiger partial charge in [0.25, 0.3) is 5.91 Å². The van der Waals surface area contributed by atoms with Gasteiger partial charge in [-0.05, 0) is 37.3 Å². The zero-order valence-corrected chi connectivity index (χ0v) is 15.3. The number of nitrogens with zero attached hydrogens (tertiary/aromatic N) is 2. The average molecular weight is 381 g/mol. The molecule has 1 unspecified atom stereocenters. The summed E-state index contributed by atoms with van der Waals surface area (Å²) < 4.78 is 23.8. The first-order chi connectivity index (χ1) is 13.6. The zero-order valence-electron chi connectivity index (χ0n) is 15.3. The molecule has 1 aromatic heterocycles. The smallest absolute Gasteiger partial charge is 0.260 e. The molecule has 0 saturated carbocycles. The number of ether oxygens (including phenoxy) is 2. The molecule has 3 aromatic rings. The van der Waals surface area contributed by atoms with E-state index < -0.39 is 6.10 Å². The first-order valence-electron chi connectivity index (χ1n) is 8.84. The maximum Gasteiger partial charge on any atom is 0.260 e. The Labute approximate surface area is 162 Å². The lowest BCUT2D eigenvalue weighted by molar-refractivity contribution is -0.127. The third-order valence-corrected chi connectivity index (χ3v) is 3.86. The number of carbonyl (C=O) groups is 1. The highest BCUT2D eigenvalue weighted by Gasteiger charge is 2.14. The van der Waals surface area contributed by atoms with Gasteiger partial charge >= 0.3 is 0 Å². The Morgan fingerprint density at radius 2 is 1.79 bits per heavy atom. The highest BCUT2D eigenvalue weighted by atomic mass is 19.1. The fourth-order valence-corrected chi connectivity index (χ4v) is 2.40. The van der Waals surface area contributed by atoms with Crippen LogP contribution < -0.4 is 14.8 Å². The lowest BCUT2D eigenvalue weighted by Gasteiger charge is -2.14. The number of nitrogens with one attached hydrogen (secondary N) is 1. The molecule has 0 saturated heterocycles. The summed E-state index contributed by atoms with van der Waals surface area (Å²) in [5, 5.41) is 10.9. The number of amides is 1. The summed E-state index contributed by atoms with van der Waals surface area (Å²) in [6, 6.07) is 18.8. The van der Waals surface area contributed by atoms with Gasteiger partial charge in [-0.25, -0.2) is 4.39 Å². The lowest BCUT2D eigenvalue weighted by Crippen LogP contribution is -2.38. The van der Waals surface area contributed by atoms with E-state index in [9.17, 15) is 9.18 Å². The third-order valence-electron chi connectivity index (χ3n) is 3.86. The molecule has 144 valence electrons. The summed E-state index contributed by atoms with van der Waals surface area (Å²) in [5.41, 5.74) is 1.73. The molecular formula is C21H20FN3O3. The molecule has 6 nitrogen and oxygen atoms in total. The van der Waals surface area contributed by atoms with E-state index in [1.165, 1.54) is 24.3 Å². The van der Waals surface area contributed by atoms with Crippen molar-refractivity contribution < 1.29 is 18.7 Å². The van der Waals surface area contributed by atoms with Gasteiger partial charge in [0.05, 0.1) is 12.2 Å². The molecule has 0 fully saturated rings. The van der Waals surface area contributed by atoms with Crippen LogP contribution in [-0.2, 0) is 4.79 Å². The topological polar surface area (TPSA) is 73.3 Å². The summed E-state index contributed by atoms with van der Waals surface area (Å²) in [6.07, 6.45) is -0.713. The molecule has 28 heavy (non-hydrogen) atoms. The molecule has 0 bridgehead atoms. The van der Waals surface area contributed by atoms with Crippen LogP contribution in [0.25, 0.3) is 11.3 Å². The molecule has 0 aliphatic carbocycles. The quantitative estimate of drug-likeness (QED) is 0.607. The molecule has 1 heterocycles. The summed E-state index contributed by atoms with van der Waals surface area (Å²) in [6.45, 7) is 2.15. The first-order valence-corrected chi connectivity index (χ1v) is 8.84. The number of rotatable bonds is 8. The second kappa shape index (κ2) is 9.45. The molecule has 0 aliphatic rings. The molecule has 7 heteroatoms. The van der Waals surface area contributed by atoms with Crippen LogP contribution in [0.5, 0.6) is 11.6 Å². The predicted molar refractivity (Wildman–Crippen MR) is 102 cm³/mol. The van der Waals surface area contributed by atoms with E-state index in [1.54, 1.807) is 13.0 Å². The molecule has 1 amide bonds. The highest BCUT2D eigenvalue weighted by Crippen LogP contribution is 2.17. The van der Waals surface area contributed by atoms with E-state index in [0.29, 0.717) is 11.6 Å². The second-order valence-corrected chi connectivity index (χ2v) is 5.98. The Morgan fingerprint density at radius 3 is 2.46 bits per heavy atom. The van der Waals surface area contributed by atoms with Gasteiger partial charge in [-0.15, -0.1) is 10.2 Å². The molecule has 3 rings (SSSR count). The third kappa shape index (κ3) is 5.51. The summed E-state index contributed by atoms with van der Waals surface area (Å²) in [7, 11) is 0. The number of benzene rings is 2. The van der Waals surface area contributed by atoms with Gasteiger partial charge in [0, 0.05) is 11.6 Å². The van der Waals surface area contributed by atoms with Gasteiger partial charge in [-0.2, -0.15) is 0 Å². The van der Waals surface area contributed by atoms with Gasteiger partial charge in [-0.3, -0.25) is 4.79 Å². The van der Waals surface area contributed by atoms with Crippen LogP contribution >= 0.6 is 0 Å². The van der Waals surface area contributed by atoms with Crippen LogP contribution in [0.15, 0.2) is 66.7 Å². The average Bonchev–Trinajstić information content (AvgIpc) is 2.73. The Bertz CT molecular complexity index is 887. The number of hydrogen-bond acceptors (Lipinski definition) is 5. The van der Waals surface area contributed by atoms with Crippen LogP contribution in [0.2, 0.25) is 0 Å². The van der Waals surface area contributed by atoms with E-state index in [4.69, 9.17) is 9.47 Å². The molecule has 2 aromatic carbocycles. The fraction of sp³-hybridized carbons (Fsp3) is 0.190. The zero-order chi connectivity index (χ0) is 19.8. The van der Waals surface area contributed by atoms with Crippen molar-refractivity contribution >= 4 is 5.91 Å². The molecule has 0 aliphatic heterocycles. The van der Waals surface area contributed by atoms with Gasteiger partial charge in [0.1, 0.15) is 18.2 Å². The summed E-state index contributed by atoms with van der Waals surface area (Å²) >= 11 is 0. The predicted octanol–water partition coefficient (Wildman–Crippen LogP) is 3.25. The van der Waals surface area contributed by atoms with E-state index >= 15 is 0 Å². The maximum absolute atomic E-state index is 12.9. The fourth-order valence-electron chi connectivity index (χ4n) is 2.40. The summed E-state index contributed by atoms with van der Waals surface area (Å²) in [5.74, 6) is 0.151. The minimum Gasteiger partial charge on any atom is -0.481 e. The first kappa shape index (κ1) is 19.3. The number of aromatic nitrogens is 2. The van der Waals surface area contributed by atoms with E-state index in [1.807, 2.05) is 36.4 Å². The summed E-state index contributed by atoms with van der Waals surface area (Å²) in [4.78, 5) is 12.0. The van der Waals surface area contributed by atoms with Crippen molar-refractivity contribution in [2.45, 2.75) is 13.0 Å². The van der Waals surface area contributed by atoms with Crippen molar-refractivity contribution in [3.8, 4) is 22.9 Å². The number of halogens is 1. The monoisotopic (exact) mass is 381 g/mol. The standard InChI is InChI=1S/C21H20FN3O3/c1-15(28-18-9-7-17(22)8-10-18)21(26)23-13-14-27-20-12-11-19(24-25-20)16-5-3-2-4-6-16/h2-12,15H,13-14H2,1H3,(H,23,26). The van der Waals surface area contributed by atoms with Crippen molar-refractivity contribution in [1.29, 1.82) is 0 Å². The second-order valence-electron chi connectivity index (χ2n) is 5.98. The molecule has 1 atom stereocenters. The minimum atomic E-state index is -0.713. The van der Waals surface area contributed by atoms with Crippen molar-refractivity contribution in [3.63, 3.8) is 0 Å². The molecule has 0 radical (unpaired) electrons. The van der Waals surface area contributed by atoms with Gasteiger partial charge < -0.3 is 14.8 Å². The van der Waals surface area contributed by atoms with Crippen LogP contribution in [0.1, 0.15) is 6.92 Å². The van der Waals surface area contributed by atoms with E-state index in [2.05, 4.69) is 15.5 Å². The maximum atomic E-state index is 12.9. The number of carbonyl (C=O) groups excluding carboxylic acids is 1. The highest BCUT2D eigenvalue weighted by molar-refractivity contribution is 5.80. The minimum absolute atomic E-state index is 0.244. The molecular weight excluding hydrogens is 361 g/mol. The molecule has 0 spiro atoms. The van der Waals surface area contributed by atoms with Crippen molar-refractivity contribution in [2.75, 3.05) is 13.2 Å². The van der Waals surface area contributed by atoms with E-state index in [-0.39, 0.29) is 24.9 Å². The van der Waals surface area contributed by atoms with Gasteiger partial charge in [0.2, 0.25) is 5.88 Å². The SMILES string of the molecule is CC(Oc1ccc(F)cc1)C(=O)NCCOc1ccc(-c2ccccc2)nn1. The van der Waals surface area contributed by atoms with Crippen molar-refractivity contribution in [1.82, 2.24) is 15.5 Å². The largest absolute Gasteiger partial charge is 0.481 e. The van der Waals surface area contributed by atoms with Crippen LogP contribution in [0, 0.1) is 5.82 Å². The lowest BCUT2D eigenvalue weighted by atomic mass is 10.1. The van der Waals surface area contributed by atoms with Crippen molar-refractivity contribution in [3.05, 3.63) is 72.5 Å². The Kier molecular flexibility index (Phi) is 6.51. The van der Waals surface area contributed by atoms with E-state index in [0.717, 1.165) is 11.3 Å². The number of hydrogen-bond donors (Lipinski definition) is 1. The Balaban J connectivity index is 1.40. The normalized spacial score (nSPS) is 11.5. The Morgan fingerprint density at radius 1 is 1.04 bits per heavy atom. The van der Waals surface area contributed by atoms with Crippen molar-refractivity contribution in [2.24, 2.45) is 0 Å². The molecule has 1 N–H and O–H groups in total. The van der Waals surface area contributed by atoms with Gasteiger partial charge in [-0.1, -0.05) is 30.3 Å².